The zero-order chi connectivity index (χ0) is 27.6. The fourth-order valence-corrected chi connectivity index (χ4v) is 5.76. The van der Waals surface area contributed by atoms with Crippen LogP contribution in [0.2, 0.25) is 5.02 Å². The summed E-state index contributed by atoms with van der Waals surface area (Å²) in [5, 5.41) is 8.54. The SMILES string of the molecule is COc1cc([C@@H]2NC[C@H](c3ccccc3Cl)c3c2[nH]c2ccccc32)ccc1OCC(=O)Nc1ccc(C)cc1. The van der Waals surface area contributed by atoms with Crippen molar-refractivity contribution < 1.29 is 14.3 Å². The van der Waals surface area contributed by atoms with Gasteiger partial charge in [0.1, 0.15) is 0 Å². The number of ether oxygens (including phenoxy) is 2. The highest BCUT2D eigenvalue weighted by atomic mass is 35.5. The average Bonchev–Trinajstić information content (AvgIpc) is 3.37. The molecule has 1 aliphatic heterocycles. The molecule has 0 saturated heterocycles. The molecule has 1 amide bonds. The standard InChI is InChI=1S/C33H30ClN3O3/c1-20-11-14-22(15-12-20)36-30(38)19-40-28-16-13-21(17-29(28)39-2)32-33-31(24-8-4-6-10-27(24)37-33)25(18-35-32)23-7-3-5-9-26(23)34/h3-17,25,32,35,37H,18-19H2,1-2H3,(H,36,38)/t25-,32+/m1/s1. The third-order valence-electron chi connectivity index (χ3n) is 7.44. The first-order valence-electron chi connectivity index (χ1n) is 13.3. The molecule has 0 bridgehead atoms. The lowest BCUT2D eigenvalue weighted by molar-refractivity contribution is -0.118. The highest BCUT2D eigenvalue weighted by Crippen LogP contribution is 2.44. The number of aryl methyl sites for hydroxylation is 1. The van der Waals surface area contributed by atoms with Gasteiger partial charge in [0, 0.05) is 39.8 Å². The molecule has 6 rings (SSSR count). The molecule has 0 unspecified atom stereocenters. The molecule has 40 heavy (non-hydrogen) atoms. The van der Waals surface area contributed by atoms with Crippen molar-refractivity contribution >= 4 is 34.1 Å². The normalized spacial score (nSPS) is 16.4. The van der Waals surface area contributed by atoms with Crippen LogP contribution in [0.5, 0.6) is 11.5 Å². The van der Waals surface area contributed by atoms with Crippen molar-refractivity contribution in [2.24, 2.45) is 0 Å². The number of benzene rings is 4. The fourth-order valence-electron chi connectivity index (χ4n) is 5.50. The van der Waals surface area contributed by atoms with E-state index in [1.165, 1.54) is 10.9 Å². The molecule has 7 heteroatoms. The predicted octanol–water partition coefficient (Wildman–Crippen LogP) is 6.98. The first kappa shape index (κ1) is 26.0. The predicted molar refractivity (Wildman–Crippen MR) is 160 cm³/mol. The van der Waals surface area contributed by atoms with Crippen LogP contribution in [0, 0.1) is 6.92 Å². The minimum absolute atomic E-state index is 0.0890. The molecule has 0 radical (unpaired) electrons. The van der Waals surface area contributed by atoms with Crippen LogP contribution in [0.4, 0.5) is 5.69 Å². The zero-order valence-electron chi connectivity index (χ0n) is 22.3. The van der Waals surface area contributed by atoms with Crippen LogP contribution in [-0.4, -0.2) is 31.2 Å². The van der Waals surface area contributed by atoms with E-state index >= 15 is 0 Å². The van der Waals surface area contributed by atoms with E-state index in [4.69, 9.17) is 21.1 Å². The Morgan fingerprint density at radius 2 is 1.75 bits per heavy atom. The van der Waals surface area contributed by atoms with Crippen molar-refractivity contribution in [3.8, 4) is 11.5 Å². The van der Waals surface area contributed by atoms with E-state index in [1.807, 2.05) is 73.7 Å². The smallest absolute Gasteiger partial charge is 0.262 e. The molecule has 2 heterocycles. The van der Waals surface area contributed by atoms with E-state index in [0.29, 0.717) is 11.5 Å². The molecule has 5 aromatic rings. The van der Waals surface area contributed by atoms with Crippen molar-refractivity contribution in [2.45, 2.75) is 18.9 Å². The van der Waals surface area contributed by atoms with Gasteiger partial charge in [-0.25, -0.2) is 0 Å². The number of carbonyl (C=O) groups excluding carboxylic acids is 1. The number of H-pyrrole nitrogens is 1. The molecule has 2 atom stereocenters. The Labute approximate surface area is 238 Å². The van der Waals surface area contributed by atoms with Crippen LogP contribution in [0.3, 0.4) is 0 Å². The second-order valence-corrected chi connectivity index (χ2v) is 10.4. The third kappa shape index (κ3) is 5.04. The quantitative estimate of drug-likeness (QED) is 0.204. The number of para-hydroxylation sites is 1. The van der Waals surface area contributed by atoms with E-state index in [0.717, 1.165) is 45.2 Å². The number of hydrogen-bond acceptors (Lipinski definition) is 4. The lowest BCUT2D eigenvalue weighted by Crippen LogP contribution is -2.34. The minimum Gasteiger partial charge on any atom is -0.493 e. The molecule has 0 spiro atoms. The minimum atomic E-state index is -0.239. The first-order chi connectivity index (χ1) is 19.5. The maximum absolute atomic E-state index is 12.5. The Balaban J connectivity index is 1.27. The van der Waals surface area contributed by atoms with E-state index < -0.39 is 0 Å². The van der Waals surface area contributed by atoms with Crippen molar-refractivity contribution in [3.05, 3.63) is 124 Å². The van der Waals surface area contributed by atoms with Gasteiger partial charge in [-0.05, 0) is 60.0 Å². The highest BCUT2D eigenvalue weighted by Gasteiger charge is 2.33. The van der Waals surface area contributed by atoms with E-state index in [1.54, 1.807) is 7.11 Å². The molecular weight excluding hydrogens is 522 g/mol. The summed E-state index contributed by atoms with van der Waals surface area (Å²) in [6.07, 6.45) is 0. The Bertz CT molecular complexity index is 1680. The number of carbonyl (C=O) groups is 1. The number of anilines is 1. The monoisotopic (exact) mass is 551 g/mol. The molecule has 202 valence electrons. The van der Waals surface area contributed by atoms with Gasteiger partial charge in [0.2, 0.25) is 0 Å². The largest absolute Gasteiger partial charge is 0.493 e. The molecule has 1 aliphatic rings. The fraction of sp³-hybridized carbons (Fsp3) is 0.182. The van der Waals surface area contributed by atoms with Gasteiger partial charge in [0.15, 0.2) is 18.1 Å². The number of fused-ring (bicyclic) bond motifs is 3. The third-order valence-corrected chi connectivity index (χ3v) is 7.78. The molecule has 0 fully saturated rings. The summed E-state index contributed by atoms with van der Waals surface area (Å²) < 4.78 is 11.5. The van der Waals surface area contributed by atoms with Crippen molar-refractivity contribution in [3.63, 3.8) is 0 Å². The van der Waals surface area contributed by atoms with Gasteiger partial charge in [0.25, 0.3) is 5.91 Å². The van der Waals surface area contributed by atoms with Crippen LogP contribution in [0.15, 0.2) is 91.0 Å². The van der Waals surface area contributed by atoms with Gasteiger partial charge in [0.05, 0.1) is 13.2 Å². The maximum Gasteiger partial charge on any atom is 0.262 e. The molecule has 4 aromatic carbocycles. The van der Waals surface area contributed by atoms with Gasteiger partial charge in [-0.15, -0.1) is 0 Å². The van der Waals surface area contributed by atoms with Gasteiger partial charge in [-0.1, -0.05) is 71.8 Å². The first-order valence-corrected chi connectivity index (χ1v) is 13.6. The van der Waals surface area contributed by atoms with E-state index in [2.05, 4.69) is 39.9 Å². The van der Waals surface area contributed by atoms with Crippen molar-refractivity contribution in [2.75, 3.05) is 25.6 Å². The van der Waals surface area contributed by atoms with Crippen LogP contribution >= 0.6 is 11.6 Å². The number of rotatable bonds is 7. The van der Waals surface area contributed by atoms with Gasteiger partial charge in [-0.3, -0.25) is 4.79 Å². The molecule has 0 saturated carbocycles. The summed E-state index contributed by atoms with van der Waals surface area (Å²) in [4.78, 5) is 16.2. The Morgan fingerprint density at radius 1 is 0.975 bits per heavy atom. The molecule has 3 N–H and O–H groups in total. The van der Waals surface area contributed by atoms with Gasteiger partial charge < -0.3 is 25.1 Å². The Hall–Kier alpha value is -4.26. The summed E-state index contributed by atoms with van der Waals surface area (Å²) in [6.45, 7) is 2.60. The molecular formula is C33H30ClN3O3. The summed E-state index contributed by atoms with van der Waals surface area (Å²) in [5.41, 5.74) is 7.43. The van der Waals surface area contributed by atoms with E-state index in [-0.39, 0.29) is 24.5 Å². The van der Waals surface area contributed by atoms with E-state index in [9.17, 15) is 4.79 Å². The molecule has 6 nitrogen and oxygen atoms in total. The summed E-state index contributed by atoms with van der Waals surface area (Å²) in [6, 6.07) is 29.8. The number of halogens is 1. The summed E-state index contributed by atoms with van der Waals surface area (Å²) >= 11 is 6.66. The second-order valence-electron chi connectivity index (χ2n) is 10.0. The number of hydrogen-bond donors (Lipinski definition) is 3. The van der Waals surface area contributed by atoms with Gasteiger partial charge in [-0.2, -0.15) is 0 Å². The van der Waals surface area contributed by atoms with Crippen LogP contribution in [0.25, 0.3) is 10.9 Å². The molecule has 1 aromatic heterocycles. The number of aromatic nitrogens is 1. The van der Waals surface area contributed by atoms with Crippen LogP contribution < -0.4 is 20.1 Å². The summed E-state index contributed by atoms with van der Waals surface area (Å²) in [7, 11) is 1.61. The summed E-state index contributed by atoms with van der Waals surface area (Å²) in [5.74, 6) is 0.935. The number of methoxy groups -OCH3 is 1. The van der Waals surface area contributed by atoms with Crippen molar-refractivity contribution in [1.82, 2.24) is 10.3 Å². The lowest BCUT2D eigenvalue weighted by Gasteiger charge is -2.32. The molecule has 0 aliphatic carbocycles. The maximum atomic E-state index is 12.5. The Morgan fingerprint density at radius 3 is 2.55 bits per heavy atom. The lowest BCUT2D eigenvalue weighted by atomic mass is 9.83. The van der Waals surface area contributed by atoms with Crippen LogP contribution in [0.1, 0.15) is 39.9 Å². The number of amides is 1. The second kappa shape index (κ2) is 11.1. The topological polar surface area (TPSA) is 75.4 Å². The Kier molecular flexibility index (Phi) is 7.20. The van der Waals surface area contributed by atoms with Crippen LogP contribution in [-0.2, 0) is 4.79 Å². The average molecular weight is 552 g/mol. The van der Waals surface area contributed by atoms with Crippen molar-refractivity contribution in [1.29, 1.82) is 0 Å². The zero-order valence-corrected chi connectivity index (χ0v) is 23.1. The number of nitrogens with one attached hydrogen (secondary N) is 3. The highest BCUT2D eigenvalue weighted by molar-refractivity contribution is 6.31. The van der Waals surface area contributed by atoms with Gasteiger partial charge >= 0.3 is 0 Å². The number of aromatic amines is 1.